The zero-order valence-electron chi connectivity index (χ0n) is 9.14. The molecule has 0 bridgehead atoms. The monoisotopic (exact) mass is 236 g/mol. The summed E-state index contributed by atoms with van der Waals surface area (Å²) < 4.78 is 0. The molecule has 0 aliphatic rings. The zero-order valence-corrected chi connectivity index (χ0v) is 9.14. The average Bonchev–Trinajstić information content (AvgIpc) is 2.26. The zero-order chi connectivity index (χ0) is 12.4. The number of rotatable bonds is 3. The van der Waals surface area contributed by atoms with E-state index in [0.717, 1.165) is 0 Å². The fourth-order valence-electron chi connectivity index (χ4n) is 1.31. The van der Waals surface area contributed by atoms with Crippen molar-refractivity contribution < 1.29 is 5.11 Å². The molecule has 8 heteroatoms. The van der Waals surface area contributed by atoms with Crippen LogP contribution in [0.4, 0.5) is 5.95 Å². The number of nitrogens with two attached hydrogens (primary N) is 1. The average molecular weight is 236 g/mol. The maximum absolute atomic E-state index is 11.5. The predicted molar refractivity (Wildman–Crippen MR) is 60.9 cm³/mol. The molecular formula is C9H12N6O2. The Labute approximate surface area is 95.9 Å². The van der Waals surface area contributed by atoms with Crippen molar-refractivity contribution in [2.45, 2.75) is 19.7 Å². The van der Waals surface area contributed by atoms with E-state index in [1.54, 1.807) is 6.92 Å². The highest BCUT2D eigenvalue weighted by Gasteiger charge is 2.06. The van der Waals surface area contributed by atoms with Crippen LogP contribution in [0, 0.1) is 0 Å². The fraction of sp³-hybridized carbons (Fsp3) is 0.333. The van der Waals surface area contributed by atoms with E-state index in [1.807, 2.05) is 0 Å². The van der Waals surface area contributed by atoms with Gasteiger partial charge in [0, 0.05) is 6.54 Å². The van der Waals surface area contributed by atoms with Gasteiger partial charge in [0.25, 0.3) is 5.56 Å². The van der Waals surface area contributed by atoms with Gasteiger partial charge in [0.1, 0.15) is 6.23 Å². The Morgan fingerprint density at radius 2 is 2.35 bits per heavy atom. The molecule has 8 nitrogen and oxygen atoms in total. The largest absolute Gasteiger partial charge is 0.379 e. The van der Waals surface area contributed by atoms with E-state index in [4.69, 9.17) is 10.8 Å². The van der Waals surface area contributed by atoms with Crippen LogP contribution in [0.2, 0.25) is 0 Å². The second kappa shape index (κ2) is 4.44. The molecule has 2 heterocycles. The SMILES string of the molecule is CC(O)NCc1cnc2nc(N)[nH]c(=O)c2n1. The molecule has 0 fully saturated rings. The van der Waals surface area contributed by atoms with Gasteiger partial charge in [0.15, 0.2) is 11.2 Å². The summed E-state index contributed by atoms with van der Waals surface area (Å²) in [5, 5.41) is 11.8. The molecule has 5 N–H and O–H groups in total. The van der Waals surface area contributed by atoms with Crippen molar-refractivity contribution in [2.75, 3.05) is 5.73 Å². The van der Waals surface area contributed by atoms with Crippen LogP contribution >= 0.6 is 0 Å². The number of aromatic nitrogens is 4. The van der Waals surface area contributed by atoms with Gasteiger partial charge in [-0.2, -0.15) is 4.98 Å². The predicted octanol–water partition coefficient (Wildman–Crippen LogP) is -1.28. The van der Waals surface area contributed by atoms with Crippen LogP contribution in [0.15, 0.2) is 11.0 Å². The molecule has 0 aliphatic heterocycles. The summed E-state index contributed by atoms with van der Waals surface area (Å²) in [6.07, 6.45) is 0.819. The van der Waals surface area contributed by atoms with Gasteiger partial charge in [-0.25, -0.2) is 9.97 Å². The summed E-state index contributed by atoms with van der Waals surface area (Å²) in [6.45, 7) is 1.90. The summed E-state index contributed by atoms with van der Waals surface area (Å²) in [6, 6.07) is 0. The molecule has 2 aromatic heterocycles. The number of H-pyrrole nitrogens is 1. The third-order valence-electron chi connectivity index (χ3n) is 2.06. The quantitative estimate of drug-likeness (QED) is 0.488. The van der Waals surface area contributed by atoms with Gasteiger partial charge in [0.2, 0.25) is 5.95 Å². The minimum Gasteiger partial charge on any atom is -0.379 e. The van der Waals surface area contributed by atoms with Crippen molar-refractivity contribution in [3.8, 4) is 0 Å². The standard InChI is InChI=1S/C9H12N6O2/c1-4(16)11-2-5-3-12-7-6(13-5)8(17)15-9(10)14-7/h3-4,11,16H,2H2,1H3,(H3,10,12,14,15,17). The van der Waals surface area contributed by atoms with Crippen LogP contribution < -0.4 is 16.6 Å². The van der Waals surface area contributed by atoms with Crippen LogP contribution in [0.25, 0.3) is 11.2 Å². The van der Waals surface area contributed by atoms with Crippen molar-refractivity contribution >= 4 is 17.1 Å². The first-order valence-corrected chi connectivity index (χ1v) is 4.99. The lowest BCUT2D eigenvalue weighted by Crippen LogP contribution is -2.25. The van der Waals surface area contributed by atoms with E-state index in [-0.39, 0.29) is 17.1 Å². The summed E-state index contributed by atoms with van der Waals surface area (Å²) in [5.74, 6) is 0.00616. The first-order chi connectivity index (χ1) is 8.06. The van der Waals surface area contributed by atoms with Gasteiger partial charge in [-0.1, -0.05) is 0 Å². The molecule has 0 saturated heterocycles. The lowest BCUT2D eigenvalue weighted by Gasteiger charge is -2.06. The third kappa shape index (κ3) is 2.55. The van der Waals surface area contributed by atoms with Crippen LogP contribution in [-0.4, -0.2) is 31.3 Å². The Bertz CT molecular complexity index is 594. The Morgan fingerprint density at radius 3 is 3.06 bits per heavy atom. The van der Waals surface area contributed by atoms with E-state index < -0.39 is 11.8 Å². The Morgan fingerprint density at radius 1 is 1.59 bits per heavy atom. The Balaban J connectivity index is 2.40. The van der Waals surface area contributed by atoms with E-state index in [0.29, 0.717) is 12.2 Å². The van der Waals surface area contributed by atoms with Crippen molar-refractivity contribution in [1.29, 1.82) is 0 Å². The fourth-order valence-corrected chi connectivity index (χ4v) is 1.31. The van der Waals surface area contributed by atoms with Crippen LogP contribution in [0.5, 0.6) is 0 Å². The van der Waals surface area contributed by atoms with E-state index >= 15 is 0 Å². The second-order valence-electron chi connectivity index (χ2n) is 3.54. The Kier molecular flexibility index (Phi) is 2.98. The van der Waals surface area contributed by atoms with Crippen molar-refractivity contribution in [3.05, 3.63) is 22.2 Å². The molecule has 2 aromatic rings. The van der Waals surface area contributed by atoms with Crippen LogP contribution in [-0.2, 0) is 6.54 Å². The minimum atomic E-state index is -0.657. The van der Waals surface area contributed by atoms with Crippen molar-refractivity contribution in [2.24, 2.45) is 0 Å². The first kappa shape index (κ1) is 11.4. The Hall–Kier alpha value is -2.06. The minimum absolute atomic E-state index is 0.00616. The molecule has 0 spiro atoms. The van der Waals surface area contributed by atoms with Gasteiger partial charge in [-0.3, -0.25) is 15.1 Å². The molecule has 1 unspecified atom stereocenters. The van der Waals surface area contributed by atoms with Gasteiger partial charge in [-0.05, 0) is 6.92 Å². The smallest absolute Gasteiger partial charge is 0.280 e. The molecule has 90 valence electrons. The molecule has 0 radical (unpaired) electrons. The lowest BCUT2D eigenvalue weighted by molar-refractivity contribution is 0.154. The second-order valence-corrected chi connectivity index (χ2v) is 3.54. The summed E-state index contributed by atoms with van der Waals surface area (Å²) in [7, 11) is 0. The van der Waals surface area contributed by atoms with E-state index in [1.165, 1.54) is 6.20 Å². The number of fused-ring (bicyclic) bond motifs is 1. The van der Waals surface area contributed by atoms with Crippen molar-refractivity contribution in [3.63, 3.8) is 0 Å². The number of aliphatic hydroxyl groups excluding tert-OH is 1. The number of anilines is 1. The molecule has 0 saturated carbocycles. The number of hydrogen-bond donors (Lipinski definition) is 4. The summed E-state index contributed by atoms with van der Waals surface area (Å²) >= 11 is 0. The van der Waals surface area contributed by atoms with Gasteiger partial charge in [0.05, 0.1) is 11.9 Å². The molecule has 0 amide bonds. The number of hydrogen-bond acceptors (Lipinski definition) is 7. The summed E-state index contributed by atoms with van der Waals surface area (Å²) in [5.41, 5.74) is 5.82. The molecule has 2 rings (SSSR count). The lowest BCUT2D eigenvalue weighted by atomic mass is 10.4. The molecular weight excluding hydrogens is 224 g/mol. The topological polar surface area (TPSA) is 130 Å². The maximum Gasteiger partial charge on any atom is 0.280 e. The van der Waals surface area contributed by atoms with Gasteiger partial charge >= 0.3 is 0 Å². The van der Waals surface area contributed by atoms with Gasteiger partial charge < -0.3 is 10.8 Å². The number of nitrogens with one attached hydrogen (secondary N) is 2. The third-order valence-corrected chi connectivity index (χ3v) is 2.06. The van der Waals surface area contributed by atoms with Crippen molar-refractivity contribution in [1.82, 2.24) is 25.3 Å². The molecule has 1 atom stereocenters. The summed E-state index contributed by atoms with van der Waals surface area (Å²) in [4.78, 5) is 25.8. The van der Waals surface area contributed by atoms with Gasteiger partial charge in [-0.15, -0.1) is 0 Å². The number of aromatic amines is 1. The number of aliphatic hydroxyl groups is 1. The van der Waals surface area contributed by atoms with Crippen LogP contribution in [0.3, 0.4) is 0 Å². The molecule has 0 aliphatic carbocycles. The number of nitrogens with zero attached hydrogens (tertiary/aromatic N) is 3. The highest BCUT2D eigenvalue weighted by molar-refractivity contribution is 5.69. The highest BCUT2D eigenvalue weighted by Crippen LogP contribution is 2.02. The van der Waals surface area contributed by atoms with E-state index in [9.17, 15) is 4.79 Å². The molecule has 17 heavy (non-hydrogen) atoms. The maximum atomic E-state index is 11.5. The van der Waals surface area contributed by atoms with Crippen LogP contribution in [0.1, 0.15) is 12.6 Å². The molecule has 0 aromatic carbocycles. The van der Waals surface area contributed by atoms with E-state index in [2.05, 4.69) is 25.3 Å². The first-order valence-electron chi connectivity index (χ1n) is 4.99. The number of nitrogen functional groups attached to an aromatic ring is 1. The normalized spacial score (nSPS) is 12.8. The highest BCUT2D eigenvalue weighted by atomic mass is 16.3.